The molecule has 5 rings (SSSR count). The number of fused-ring (bicyclic) bond motifs is 5. The first-order valence-electron chi connectivity index (χ1n) is 11.1. The fraction of sp³-hybridized carbons (Fsp3) is 0.636. The van der Waals surface area contributed by atoms with Crippen molar-refractivity contribution in [2.45, 2.75) is 70.4 Å². The van der Waals surface area contributed by atoms with Gasteiger partial charge in [-0.2, -0.15) is 0 Å². The summed E-state index contributed by atoms with van der Waals surface area (Å²) in [6, 6.07) is 0. The Morgan fingerprint density at radius 2 is 2.07 bits per heavy atom. The summed E-state index contributed by atoms with van der Waals surface area (Å²) in [5, 5.41) is 11.1. The molecule has 4 heterocycles. The second-order valence-corrected chi connectivity index (χ2v) is 11.1. The Balaban J connectivity index is 1.50. The molecule has 1 fully saturated rings. The smallest absolute Gasteiger partial charge is 0.233 e. The maximum Gasteiger partial charge on any atom is 0.233 e. The summed E-state index contributed by atoms with van der Waals surface area (Å²) in [5.41, 5.74) is 2.35. The van der Waals surface area contributed by atoms with E-state index in [9.17, 15) is 4.79 Å². The number of piperidine rings is 1. The summed E-state index contributed by atoms with van der Waals surface area (Å²) in [5.74, 6) is 2.45. The molecule has 0 aromatic carbocycles. The summed E-state index contributed by atoms with van der Waals surface area (Å²) in [7, 11) is 0. The Hall–Kier alpha value is -1.67. The van der Waals surface area contributed by atoms with Crippen LogP contribution in [0.3, 0.4) is 0 Å². The van der Waals surface area contributed by atoms with Crippen LogP contribution in [0.4, 0.5) is 0 Å². The van der Waals surface area contributed by atoms with Crippen molar-refractivity contribution in [3.63, 3.8) is 0 Å². The Morgan fingerprint density at radius 3 is 2.87 bits per heavy atom. The molecule has 0 radical (unpaired) electrons. The van der Waals surface area contributed by atoms with Gasteiger partial charge in [0, 0.05) is 23.9 Å². The van der Waals surface area contributed by atoms with Crippen LogP contribution in [0.25, 0.3) is 15.9 Å². The van der Waals surface area contributed by atoms with Crippen molar-refractivity contribution in [1.29, 1.82) is 0 Å². The summed E-state index contributed by atoms with van der Waals surface area (Å²) in [6.07, 6.45) is 7.07. The fourth-order valence-corrected chi connectivity index (χ4v) is 6.87. The Kier molecular flexibility index (Phi) is 5.47. The average Bonchev–Trinajstić information content (AvgIpc) is 3.32. The largest absolute Gasteiger partial charge is 0.342 e. The summed E-state index contributed by atoms with van der Waals surface area (Å²) in [6.45, 7) is 8.31. The SMILES string of the molecule is CC(C)c1nc2sc3c(c2c2nnc(SCC(=O)N4CCC[C@H](C)C4)n12)CCCC3. The van der Waals surface area contributed by atoms with Gasteiger partial charge in [0.15, 0.2) is 10.8 Å². The van der Waals surface area contributed by atoms with Gasteiger partial charge in [0.2, 0.25) is 5.91 Å². The van der Waals surface area contributed by atoms with E-state index in [0.29, 0.717) is 11.7 Å². The predicted octanol–water partition coefficient (Wildman–Crippen LogP) is 4.69. The molecule has 0 spiro atoms. The van der Waals surface area contributed by atoms with Gasteiger partial charge in [-0.3, -0.25) is 9.20 Å². The minimum atomic E-state index is 0.205. The molecular formula is C22H29N5OS2. The van der Waals surface area contributed by atoms with Gasteiger partial charge < -0.3 is 4.90 Å². The molecule has 1 saturated heterocycles. The number of thioether (sulfide) groups is 1. The van der Waals surface area contributed by atoms with Gasteiger partial charge in [-0.05, 0) is 50.0 Å². The summed E-state index contributed by atoms with van der Waals surface area (Å²) in [4.78, 5) is 22.4. The quantitative estimate of drug-likeness (QED) is 0.547. The molecule has 3 aromatic heterocycles. The van der Waals surface area contributed by atoms with E-state index in [1.54, 1.807) is 0 Å². The number of carbonyl (C=O) groups excluding carboxylic acids is 1. The van der Waals surface area contributed by atoms with Gasteiger partial charge >= 0.3 is 0 Å². The Bertz CT molecular complexity index is 1100. The molecule has 1 aliphatic heterocycles. The van der Waals surface area contributed by atoms with Crippen LogP contribution in [0.15, 0.2) is 5.16 Å². The van der Waals surface area contributed by atoms with Crippen LogP contribution in [-0.4, -0.2) is 49.2 Å². The third kappa shape index (κ3) is 3.51. The molecule has 160 valence electrons. The highest BCUT2D eigenvalue weighted by molar-refractivity contribution is 7.99. The normalized spacial score (nSPS) is 19.7. The third-order valence-electron chi connectivity index (χ3n) is 6.31. The van der Waals surface area contributed by atoms with E-state index in [2.05, 4.69) is 35.4 Å². The van der Waals surface area contributed by atoms with E-state index >= 15 is 0 Å². The van der Waals surface area contributed by atoms with E-state index in [0.717, 1.165) is 53.8 Å². The van der Waals surface area contributed by atoms with E-state index in [1.165, 1.54) is 46.9 Å². The molecule has 1 amide bonds. The lowest BCUT2D eigenvalue weighted by Crippen LogP contribution is -2.40. The van der Waals surface area contributed by atoms with Crippen molar-refractivity contribution < 1.29 is 4.79 Å². The predicted molar refractivity (Wildman–Crippen MR) is 123 cm³/mol. The molecule has 1 aliphatic carbocycles. The van der Waals surface area contributed by atoms with Gasteiger partial charge in [-0.1, -0.05) is 32.5 Å². The van der Waals surface area contributed by atoms with Crippen molar-refractivity contribution in [2.24, 2.45) is 5.92 Å². The third-order valence-corrected chi connectivity index (χ3v) is 8.41. The summed E-state index contributed by atoms with van der Waals surface area (Å²) >= 11 is 3.33. The maximum absolute atomic E-state index is 12.8. The van der Waals surface area contributed by atoms with Crippen LogP contribution in [-0.2, 0) is 17.6 Å². The molecule has 0 N–H and O–H groups in total. The fourth-order valence-electron chi connectivity index (χ4n) is 4.77. The van der Waals surface area contributed by atoms with Crippen LogP contribution < -0.4 is 0 Å². The molecule has 0 unspecified atom stereocenters. The molecule has 1 atom stereocenters. The lowest BCUT2D eigenvalue weighted by molar-refractivity contribution is -0.130. The van der Waals surface area contributed by atoms with Crippen molar-refractivity contribution in [1.82, 2.24) is 24.5 Å². The first-order chi connectivity index (χ1) is 14.5. The number of rotatable bonds is 4. The zero-order valence-electron chi connectivity index (χ0n) is 18.0. The van der Waals surface area contributed by atoms with Crippen molar-refractivity contribution in [3.8, 4) is 0 Å². The van der Waals surface area contributed by atoms with Crippen LogP contribution in [0.1, 0.15) is 68.6 Å². The molecule has 3 aromatic rings. The van der Waals surface area contributed by atoms with Gasteiger partial charge in [0.25, 0.3) is 0 Å². The topological polar surface area (TPSA) is 63.4 Å². The van der Waals surface area contributed by atoms with Gasteiger partial charge in [0.05, 0.1) is 11.1 Å². The summed E-state index contributed by atoms with van der Waals surface area (Å²) < 4.78 is 2.12. The van der Waals surface area contributed by atoms with Crippen LogP contribution in [0.5, 0.6) is 0 Å². The van der Waals surface area contributed by atoms with Crippen molar-refractivity contribution in [2.75, 3.05) is 18.8 Å². The minimum Gasteiger partial charge on any atom is -0.342 e. The molecule has 30 heavy (non-hydrogen) atoms. The van der Waals surface area contributed by atoms with E-state index in [1.807, 2.05) is 16.2 Å². The maximum atomic E-state index is 12.8. The van der Waals surface area contributed by atoms with E-state index in [-0.39, 0.29) is 11.8 Å². The first-order valence-corrected chi connectivity index (χ1v) is 12.9. The molecule has 0 saturated carbocycles. The number of hydrogen-bond acceptors (Lipinski definition) is 6. The standard InChI is InChI=1S/C22H29N5OS2/c1-13(2)19-23-21-18(15-8-4-5-9-16(15)30-21)20-24-25-22(27(19)20)29-12-17(28)26-10-6-7-14(3)11-26/h13-14H,4-12H2,1-3H3/t14-/m0/s1. The average molecular weight is 444 g/mol. The number of amides is 1. The van der Waals surface area contributed by atoms with Crippen LogP contribution >= 0.6 is 23.1 Å². The number of thiophene rings is 1. The van der Waals surface area contributed by atoms with Crippen molar-refractivity contribution in [3.05, 3.63) is 16.3 Å². The highest BCUT2D eigenvalue weighted by atomic mass is 32.2. The van der Waals surface area contributed by atoms with Gasteiger partial charge in [0.1, 0.15) is 10.7 Å². The highest BCUT2D eigenvalue weighted by Crippen LogP contribution is 2.39. The van der Waals surface area contributed by atoms with E-state index < -0.39 is 0 Å². The molecule has 0 bridgehead atoms. The zero-order chi connectivity index (χ0) is 20.8. The first kappa shape index (κ1) is 20.2. The lowest BCUT2D eigenvalue weighted by atomic mass is 9.97. The van der Waals surface area contributed by atoms with Gasteiger partial charge in [-0.15, -0.1) is 21.5 Å². The minimum absolute atomic E-state index is 0.205. The number of aromatic nitrogens is 4. The van der Waals surface area contributed by atoms with Crippen molar-refractivity contribution >= 4 is 44.9 Å². The molecule has 8 heteroatoms. The number of hydrogen-bond donors (Lipinski definition) is 0. The zero-order valence-corrected chi connectivity index (χ0v) is 19.6. The van der Waals surface area contributed by atoms with Gasteiger partial charge in [-0.25, -0.2) is 4.98 Å². The number of nitrogens with zero attached hydrogens (tertiary/aromatic N) is 5. The highest BCUT2D eigenvalue weighted by Gasteiger charge is 2.26. The Morgan fingerprint density at radius 1 is 1.23 bits per heavy atom. The molecule has 6 nitrogen and oxygen atoms in total. The number of carbonyl (C=O) groups is 1. The Labute approximate surface area is 185 Å². The molecule has 2 aliphatic rings. The monoisotopic (exact) mass is 443 g/mol. The molecular weight excluding hydrogens is 414 g/mol. The number of aryl methyl sites for hydroxylation is 2. The lowest BCUT2D eigenvalue weighted by Gasteiger charge is -2.30. The second-order valence-electron chi connectivity index (χ2n) is 9.03. The van der Waals surface area contributed by atoms with Crippen LogP contribution in [0.2, 0.25) is 0 Å². The van der Waals surface area contributed by atoms with Crippen LogP contribution in [0, 0.1) is 5.92 Å². The van der Waals surface area contributed by atoms with E-state index in [4.69, 9.17) is 4.98 Å². The second kappa shape index (κ2) is 8.11. The number of likely N-dealkylation sites (tertiary alicyclic amines) is 1.